The number of anilines is 1. The Bertz CT molecular complexity index is 825. The van der Waals surface area contributed by atoms with Gasteiger partial charge < -0.3 is 5.32 Å². The number of nitrogens with zero attached hydrogens (tertiary/aromatic N) is 1. The predicted molar refractivity (Wildman–Crippen MR) is 98.7 cm³/mol. The number of carbonyl (C=O) groups is 1. The Morgan fingerprint density at radius 3 is 2.46 bits per heavy atom. The molecule has 1 N–H and O–H groups in total. The van der Waals surface area contributed by atoms with Crippen molar-refractivity contribution in [1.29, 1.82) is 0 Å². The second-order valence-corrected chi connectivity index (χ2v) is 8.23. The zero-order valence-corrected chi connectivity index (χ0v) is 16.0. The zero-order chi connectivity index (χ0) is 17.7. The van der Waals surface area contributed by atoms with Gasteiger partial charge in [-0.3, -0.25) is 4.79 Å². The van der Waals surface area contributed by atoms with E-state index in [2.05, 4.69) is 21.2 Å². The van der Waals surface area contributed by atoms with Crippen LogP contribution in [-0.2, 0) is 14.8 Å². The lowest BCUT2D eigenvalue weighted by molar-refractivity contribution is -0.116. The summed E-state index contributed by atoms with van der Waals surface area (Å²) >= 11 is 9.10. The highest BCUT2D eigenvalue weighted by atomic mass is 79.9. The smallest absolute Gasteiger partial charge is 0.243 e. The van der Waals surface area contributed by atoms with E-state index in [4.69, 9.17) is 11.6 Å². The average Bonchev–Trinajstić information content (AvgIpc) is 2.53. The van der Waals surface area contributed by atoms with E-state index in [9.17, 15) is 13.2 Å². The van der Waals surface area contributed by atoms with Gasteiger partial charge in [-0.2, -0.15) is 4.31 Å². The summed E-state index contributed by atoms with van der Waals surface area (Å²) in [7, 11) is -3.76. The number of amides is 1. The predicted octanol–water partition coefficient (Wildman–Crippen LogP) is 3.75. The summed E-state index contributed by atoms with van der Waals surface area (Å²) in [6, 6.07) is 12.9. The molecule has 0 aliphatic heterocycles. The zero-order valence-electron chi connectivity index (χ0n) is 12.9. The van der Waals surface area contributed by atoms with Crippen LogP contribution in [0.3, 0.4) is 0 Å². The first-order valence-corrected chi connectivity index (χ1v) is 9.75. The van der Waals surface area contributed by atoms with E-state index in [1.807, 2.05) is 6.07 Å². The molecule has 0 saturated heterocycles. The minimum Gasteiger partial charge on any atom is -0.325 e. The molecule has 0 aromatic heterocycles. The number of hydrogen-bond acceptors (Lipinski definition) is 3. The van der Waals surface area contributed by atoms with Crippen molar-refractivity contribution >= 4 is 49.1 Å². The molecule has 0 radical (unpaired) electrons. The molecule has 0 saturated carbocycles. The minimum absolute atomic E-state index is 0.101. The lowest BCUT2D eigenvalue weighted by Crippen LogP contribution is -2.37. The first-order valence-electron chi connectivity index (χ1n) is 7.14. The van der Waals surface area contributed by atoms with Crippen molar-refractivity contribution in [3.63, 3.8) is 0 Å². The van der Waals surface area contributed by atoms with Crippen molar-refractivity contribution in [1.82, 2.24) is 4.31 Å². The van der Waals surface area contributed by atoms with Gasteiger partial charge in [0.2, 0.25) is 15.9 Å². The van der Waals surface area contributed by atoms with Gasteiger partial charge >= 0.3 is 0 Å². The molecular weight excluding hydrogens is 416 g/mol. The van der Waals surface area contributed by atoms with Gasteiger partial charge in [-0.05, 0) is 42.5 Å². The first kappa shape index (κ1) is 18.9. The van der Waals surface area contributed by atoms with Crippen LogP contribution >= 0.6 is 27.5 Å². The fourth-order valence-electron chi connectivity index (χ4n) is 2.05. The van der Waals surface area contributed by atoms with Crippen molar-refractivity contribution < 1.29 is 13.2 Å². The molecule has 8 heteroatoms. The van der Waals surface area contributed by atoms with Gasteiger partial charge in [0.05, 0.1) is 11.4 Å². The maximum absolute atomic E-state index is 12.6. The molecule has 24 heavy (non-hydrogen) atoms. The highest BCUT2D eigenvalue weighted by Gasteiger charge is 2.25. The fourth-order valence-corrected chi connectivity index (χ4v) is 3.98. The molecule has 0 spiro atoms. The monoisotopic (exact) mass is 430 g/mol. The summed E-state index contributed by atoms with van der Waals surface area (Å²) < 4.78 is 27.2. The number of hydrogen-bond donors (Lipinski definition) is 1. The SMILES string of the molecule is CCN(CC(=O)Nc1cccc(Br)c1)S(=O)(=O)c1ccc(Cl)cc1. The second-order valence-electron chi connectivity index (χ2n) is 4.94. The Labute approximate surface area is 154 Å². The Hall–Kier alpha value is -1.41. The van der Waals surface area contributed by atoms with Crippen molar-refractivity contribution in [2.24, 2.45) is 0 Å². The van der Waals surface area contributed by atoms with Crippen LogP contribution in [0.1, 0.15) is 6.92 Å². The highest BCUT2D eigenvalue weighted by molar-refractivity contribution is 9.10. The molecule has 128 valence electrons. The van der Waals surface area contributed by atoms with Crippen LogP contribution in [0.4, 0.5) is 5.69 Å². The van der Waals surface area contributed by atoms with Crippen LogP contribution in [0.15, 0.2) is 57.9 Å². The molecule has 0 heterocycles. The normalized spacial score (nSPS) is 11.5. The molecule has 0 atom stereocenters. The van der Waals surface area contributed by atoms with Gasteiger partial charge in [0, 0.05) is 21.7 Å². The van der Waals surface area contributed by atoms with Crippen LogP contribution in [-0.4, -0.2) is 31.7 Å². The summed E-state index contributed by atoms with van der Waals surface area (Å²) in [6.45, 7) is 1.59. The van der Waals surface area contributed by atoms with Gasteiger partial charge in [0.25, 0.3) is 0 Å². The van der Waals surface area contributed by atoms with E-state index in [0.717, 1.165) is 8.78 Å². The first-order chi connectivity index (χ1) is 11.3. The van der Waals surface area contributed by atoms with Crippen LogP contribution in [0, 0.1) is 0 Å². The highest BCUT2D eigenvalue weighted by Crippen LogP contribution is 2.19. The second kappa shape index (κ2) is 8.11. The number of rotatable bonds is 6. The van der Waals surface area contributed by atoms with E-state index in [-0.39, 0.29) is 18.0 Å². The molecular formula is C16H16BrClN2O3S. The molecule has 0 bridgehead atoms. The van der Waals surface area contributed by atoms with Crippen LogP contribution in [0.5, 0.6) is 0 Å². The van der Waals surface area contributed by atoms with Crippen molar-refractivity contribution in [2.75, 3.05) is 18.4 Å². The van der Waals surface area contributed by atoms with Gasteiger partial charge in [-0.25, -0.2) is 8.42 Å². The molecule has 0 fully saturated rings. The van der Waals surface area contributed by atoms with E-state index in [0.29, 0.717) is 10.7 Å². The molecule has 2 aromatic rings. The standard InChI is InChI=1S/C16H16BrClN2O3S/c1-2-20(24(22,23)15-8-6-13(18)7-9-15)11-16(21)19-14-5-3-4-12(17)10-14/h3-10H,2,11H2,1H3,(H,19,21). The summed E-state index contributed by atoms with van der Waals surface area (Å²) in [5.74, 6) is -0.410. The van der Waals surface area contributed by atoms with Crippen LogP contribution in [0.25, 0.3) is 0 Å². The molecule has 2 rings (SSSR count). The molecule has 5 nitrogen and oxygen atoms in total. The number of benzene rings is 2. The third-order valence-corrected chi connectivity index (χ3v) is 5.91. The number of likely N-dealkylation sites (N-methyl/N-ethyl adjacent to an activating group) is 1. The molecule has 1 amide bonds. The van der Waals surface area contributed by atoms with Gasteiger partial charge in [0.1, 0.15) is 0 Å². The number of sulfonamides is 1. The van der Waals surface area contributed by atoms with Crippen LogP contribution in [0.2, 0.25) is 5.02 Å². The third-order valence-electron chi connectivity index (χ3n) is 3.23. The molecule has 2 aromatic carbocycles. The fraction of sp³-hybridized carbons (Fsp3) is 0.188. The minimum atomic E-state index is -3.76. The van der Waals surface area contributed by atoms with Crippen LogP contribution < -0.4 is 5.32 Å². The van der Waals surface area contributed by atoms with Gasteiger partial charge in [-0.15, -0.1) is 0 Å². The Morgan fingerprint density at radius 2 is 1.88 bits per heavy atom. The summed E-state index contributed by atoms with van der Waals surface area (Å²) in [5, 5.41) is 3.13. The maximum Gasteiger partial charge on any atom is 0.243 e. The molecule has 0 unspecified atom stereocenters. The Morgan fingerprint density at radius 1 is 1.21 bits per heavy atom. The van der Waals surface area contributed by atoms with E-state index in [1.54, 1.807) is 25.1 Å². The quantitative estimate of drug-likeness (QED) is 0.757. The number of halogens is 2. The molecule has 0 aliphatic rings. The number of carbonyl (C=O) groups excluding carboxylic acids is 1. The van der Waals surface area contributed by atoms with E-state index >= 15 is 0 Å². The Balaban J connectivity index is 2.13. The molecule has 0 aliphatic carbocycles. The average molecular weight is 432 g/mol. The lowest BCUT2D eigenvalue weighted by atomic mass is 10.3. The van der Waals surface area contributed by atoms with Gasteiger partial charge in [0.15, 0.2) is 0 Å². The largest absolute Gasteiger partial charge is 0.325 e. The third kappa shape index (κ3) is 4.80. The summed E-state index contributed by atoms with van der Waals surface area (Å²) in [6.07, 6.45) is 0. The van der Waals surface area contributed by atoms with Crippen molar-refractivity contribution in [3.05, 3.63) is 58.0 Å². The van der Waals surface area contributed by atoms with Crippen molar-refractivity contribution in [3.8, 4) is 0 Å². The number of nitrogens with one attached hydrogen (secondary N) is 1. The van der Waals surface area contributed by atoms with E-state index < -0.39 is 15.9 Å². The Kier molecular flexibility index (Phi) is 6.40. The maximum atomic E-state index is 12.6. The topological polar surface area (TPSA) is 66.5 Å². The van der Waals surface area contributed by atoms with Gasteiger partial charge in [-0.1, -0.05) is 40.5 Å². The summed E-state index contributed by atoms with van der Waals surface area (Å²) in [5.41, 5.74) is 0.592. The lowest BCUT2D eigenvalue weighted by Gasteiger charge is -2.20. The summed E-state index contributed by atoms with van der Waals surface area (Å²) in [4.78, 5) is 12.3. The van der Waals surface area contributed by atoms with Crippen molar-refractivity contribution in [2.45, 2.75) is 11.8 Å². The van der Waals surface area contributed by atoms with E-state index in [1.165, 1.54) is 24.3 Å².